The van der Waals surface area contributed by atoms with Crippen LogP contribution in [-0.4, -0.2) is 27.7 Å². The monoisotopic (exact) mass is 352 g/mol. The average Bonchev–Trinajstić information content (AvgIpc) is 3.11. The summed E-state index contributed by atoms with van der Waals surface area (Å²) in [4.78, 5) is 22.8. The Morgan fingerprint density at radius 1 is 1.27 bits per heavy atom. The van der Waals surface area contributed by atoms with Gasteiger partial charge in [-0.25, -0.2) is 0 Å². The number of benzene rings is 2. The van der Waals surface area contributed by atoms with E-state index in [0.29, 0.717) is 17.9 Å². The summed E-state index contributed by atoms with van der Waals surface area (Å²) in [6.45, 7) is 0.536. The minimum Gasteiger partial charge on any atom is -0.495 e. The summed E-state index contributed by atoms with van der Waals surface area (Å²) < 4.78 is 6.79. The zero-order valence-electron chi connectivity index (χ0n) is 14.0. The van der Waals surface area contributed by atoms with Gasteiger partial charge in [-0.15, -0.1) is 0 Å². The van der Waals surface area contributed by atoms with Gasteiger partial charge in [0.1, 0.15) is 5.75 Å². The van der Waals surface area contributed by atoms with E-state index in [9.17, 15) is 14.9 Å². The van der Waals surface area contributed by atoms with Crippen LogP contribution in [0.15, 0.2) is 60.9 Å². The number of ether oxygens (including phenoxy) is 1. The van der Waals surface area contributed by atoms with Crippen LogP contribution >= 0.6 is 0 Å². The second-order valence-corrected chi connectivity index (χ2v) is 5.51. The number of non-ortho nitro benzene ring substituents is 1. The molecule has 3 aromatic rings. The fourth-order valence-corrected chi connectivity index (χ4v) is 2.44. The maximum atomic E-state index is 12.4. The number of carbonyl (C=O) groups is 1. The molecule has 1 N–H and O–H groups in total. The molecular formula is C18H16N4O4. The maximum absolute atomic E-state index is 12.4. The minimum atomic E-state index is -0.535. The molecule has 0 bridgehead atoms. The molecule has 0 fully saturated rings. The zero-order chi connectivity index (χ0) is 18.5. The third-order valence-corrected chi connectivity index (χ3v) is 3.72. The molecule has 1 heterocycles. The molecule has 0 aliphatic rings. The van der Waals surface area contributed by atoms with E-state index < -0.39 is 10.8 Å². The van der Waals surface area contributed by atoms with Crippen LogP contribution in [0.4, 0.5) is 11.4 Å². The van der Waals surface area contributed by atoms with E-state index in [1.807, 2.05) is 30.3 Å². The number of hydrogen-bond acceptors (Lipinski definition) is 5. The summed E-state index contributed by atoms with van der Waals surface area (Å²) in [7, 11) is 1.43. The standard InChI is InChI=1S/C18H16N4O4/c1-26-17-8-7-15(22(24)25)9-16(17)20-18(23)14-10-19-21(12-14)11-13-5-3-2-4-6-13/h2-10,12H,11H2,1H3,(H,20,23). The number of methoxy groups -OCH3 is 1. The van der Waals surface area contributed by atoms with Crippen LogP contribution < -0.4 is 10.1 Å². The van der Waals surface area contributed by atoms with Crippen molar-refractivity contribution in [2.75, 3.05) is 12.4 Å². The molecule has 1 aromatic heterocycles. The molecule has 0 saturated heterocycles. The van der Waals surface area contributed by atoms with E-state index in [1.54, 1.807) is 10.9 Å². The molecule has 8 heteroatoms. The predicted molar refractivity (Wildman–Crippen MR) is 95.4 cm³/mol. The van der Waals surface area contributed by atoms with Crippen molar-refractivity contribution in [1.29, 1.82) is 0 Å². The topological polar surface area (TPSA) is 99.3 Å². The van der Waals surface area contributed by atoms with Crippen LogP contribution in [0, 0.1) is 10.1 Å². The Morgan fingerprint density at radius 2 is 2.04 bits per heavy atom. The second-order valence-electron chi connectivity index (χ2n) is 5.51. The fraction of sp³-hybridized carbons (Fsp3) is 0.111. The summed E-state index contributed by atoms with van der Waals surface area (Å²) >= 11 is 0. The Labute approximate surface area is 149 Å². The summed E-state index contributed by atoms with van der Waals surface area (Å²) in [5, 5.41) is 17.7. The van der Waals surface area contributed by atoms with Gasteiger partial charge < -0.3 is 10.1 Å². The Kier molecular flexibility index (Phi) is 4.93. The molecule has 26 heavy (non-hydrogen) atoms. The van der Waals surface area contributed by atoms with Gasteiger partial charge in [0.05, 0.1) is 36.0 Å². The Balaban J connectivity index is 1.76. The Morgan fingerprint density at radius 3 is 2.73 bits per heavy atom. The van der Waals surface area contributed by atoms with Gasteiger partial charge in [0.2, 0.25) is 0 Å². The highest BCUT2D eigenvalue weighted by Gasteiger charge is 2.15. The van der Waals surface area contributed by atoms with Crippen molar-refractivity contribution in [2.24, 2.45) is 0 Å². The van der Waals surface area contributed by atoms with Crippen LogP contribution in [0.2, 0.25) is 0 Å². The van der Waals surface area contributed by atoms with Crippen LogP contribution in [0.5, 0.6) is 5.75 Å². The molecule has 132 valence electrons. The fourth-order valence-electron chi connectivity index (χ4n) is 2.44. The molecule has 0 spiro atoms. The van der Waals surface area contributed by atoms with Gasteiger partial charge in [-0.1, -0.05) is 30.3 Å². The highest BCUT2D eigenvalue weighted by molar-refractivity contribution is 6.04. The first-order valence-corrected chi connectivity index (χ1v) is 7.77. The number of nitro benzene ring substituents is 1. The highest BCUT2D eigenvalue weighted by atomic mass is 16.6. The van der Waals surface area contributed by atoms with Crippen LogP contribution in [-0.2, 0) is 6.54 Å². The number of nitrogens with one attached hydrogen (secondary N) is 1. The first-order valence-electron chi connectivity index (χ1n) is 7.77. The molecule has 0 aliphatic carbocycles. The lowest BCUT2D eigenvalue weighted by Gasteiger charge is -2.09. The van der Waals surface area contributed by atoms with Gasteiger partial charge in [0.15, 0.2) is 0 Å². The molecule has 1 amide bonds. The van der Waals surface area contributed by atoms with Gasteiger partial charge in [-0.05, 0) is 11.6 Å². The van der Waals surface area contributed by atoms with E-state index in [1.165, 1.54) is 31.5 Å². The lowest BCUT2D eigenvalue weighted by Crippen LogP contribution is -2.12. The normalized spacial score (nSPS) is 10.3. The SMILES string of the molecule is COc1ccc([N+](=O)[O-])cc1NC(=O)c1cnn(Cc2ccccc2)c1. The van der Waals surface area contributed by atoms with Gasteiger partial charge >= 0.3 is 0 Å². The number of carbonyl (C=O) groups excluding carboxylic acids is 1. The highest BCUT2D eigenvalue weighted by Crippen LogP contribution is 2.29. The lowest BCUT2D eigenvalue weighted by molar-refractivity contribution is -0.384. The number of rotatable bonds is 6. The Bertz CT molecular complexity index is 937. The molecule has 3 rings (SSSR count). The van der Waals surface area contributed by atoms with Crippen molar-refractivity contribution in [1.82, 2.24) is 9.78 Å². The molecular weight excluding hydrogens is 336 g/mol. The maximum Gasteiger partial charge on any atom is 0.271 e. The predicted octanol–water partition coefficient (Wildman–Crippen LogP) is 3.10. The smallest absolute Gasteiger partial charge is 0.271 e. The number of amides is 1. The van der Waals surface area contributed by atoms with Crippen LogP contribution in [0.3, 0.4) is 0 Å². The molecule has 0 unspecified atom stereocenters. The summed E-state index contributed by atoms with van der Waals surface area (Å²) in [6.07, 6.45) is 3.06. The number of aromatic nitrogens is 2. The summed E-state index contributed by atoms with van der Waals surface area (Å²) in [6, 6.07) is 13.7. The van der Waals surface area contributed by atoms with E-state index in [4.69, 9.17) is 4.74 Å². The lowest BCUT2D eigenvalue weighted by atomic mass is 10.2. The van der Waals surface area contributed by atoms with Crippen molar-refractivity contribution in [3.05, 3.63) is 82.2 Å². The first-order chi connectivity index (χ1) is 12.6. The van der Waals surface area contributed by atoms with Crippen molar-refractivity contribution in [2.45, 2.75) is 6.54 Å². The van der Waals surface area contributed by atoms with E-state index in [0.717, 1.165) is 5.56 Å². The number of hydrogen-bond donors (Lipinski definition) is 1. The summed E-state index contributed by atoms with van der Waals surface area (Å²) in [5.41, 5.74) is 1.49. The van der Waals surface area contributed by atoms with Gasteiger partial charge in [0, 0.05) is 18.3 Å². The van der Waals surface area contributed by atoms with Gasteiger partial charge in [0.25, 0.3) is 11.6 Å². The van der Waals surface area contributed by atoms with Gasteiger partial charge in [-0.2, -0.15) is 5.10 Å². The van der Waals surface area contributed by atoms with E-state index in [2.05, 4.69) is 10.4 Å². The minimum absolute atomic E-state index is 0.138. The van der Waals surface area contributed by atoms with Crippen molar-refractivity contribution < 1.29 is 14.5 Å². The van der Waals surface area contributed by atoms with Gasteiger partial charge in [-0.3, -0.25) is 19.6 Å². The van der Waals surface area contributed by atoms with Crippen molar-refractivity contribution >= 4 is 17.3 Å². The second kappa shape index (κ2) is 7.47. The number of nitro groups is 1. The molecule has 0 saturated carbocycles. The Hall–Kier alpha value is -3.68. The third kappa shape index (κ3) is 3.86. The number of nitrogens with zero attached hydrogens (tertiary/aromatic N) is 3. The number of anilines is 1. The van der Waals surface area contributed by atoms with E-state index >= 15 is 0 Å². The van der Waals surface area contributed by atoms with Crippen molar-refractivity contribution in [3.63, 3.8) is 0 Å². The van der Waals surface area contributed by atoms with Crippen LogP contribution in [0.25, 0.3) is 0 Å². The molecule has 2 aromatic carbocycles. The molecule has 0 aliphatic heterocycles. The first kappa shape index (κ1) is 17.2. The average molecular weight is 352 g/mol. The third-order valence-electron chi connectivity index (χ3n) is 3.72. The quantitative estimate of drug-likeness (QED) is 0.543. The van der Waals surface area contributed by atoms with Crippen LogP contribution in [0.1, 0.15) is 15.9 Å². The molecule has 0 atom stereocenters. The molecule has 8 nitrogen and oxygen atoms in total. The molecule has 0 radical (unpaired) electrons. The van der Waals surface area contributed by atoms with E-state index in [-0.39, 0.29) is 11.4 Å². The zero-order valence-corrected chi connectivity index (χ0v) is 14.0. The van der Waals surface area contributed by atoms with Crippen molar-refractivity contribution in [3.8, 4) is 5.75 Å². The largest absolute Gasteiger partial charge is 0.495 e. The summed E-state index contributed by atoms with van der Waals surface area (Å²) in [5.74, 6) is -0.0938.